The van der Waals surface area contributed by atoms with Crippen LogP contribution in [0.3, 0.4) is 0 Å². The molecule has 0 saturated carbocycles. The van der Waals surface area contributed by atoms with Crippen LogP contribution in [0.25, 0.3) is 0 Å². The van der Waals surface area contributed by atoms with E-state index in [0.29, 0.717) is 0 Å². The molecule has 6 nitrogen and oxygen atoms in total. The Bertz CT molecular complexity index is 153. The second-order valence-electron chi connectivity index (χ2n) is 0.483. The normalized spacial score (nSPS) is 7.33. The van der Waals surface area contributed by atoms with Crippen molar-refractivity contribution in [2.45, 2.75) is 0 Å². The molecule has 0 unspecified atom stereocenters. The van der Waals surface area contributed by atoms with Crippen molar-refractivity contribution in [1.29, 1.82) is 0 Å². The van der Waals surface area contributed by atoms with E-state index in [1.807, 2.05) is 0 Å². The van der Waals surface area contributed by atoms with Crippen molar-refractivity contribution in [3.63, 3.8) is 0 Å². The minimum absolute atomic E-state index is 0. The van der Waals surface area contributed by atoms with Gasteiger partial charge in [-0.15, -0.1) is 0 Å². The Morgan fingerprint density at radius 1 is 1.11 bits per heavy atom. The first-order valence-electron chi connectivity index (χ1n) is 1.03. The topological polar surface area (TPSA) is 114 Å². The van der Waals surface area contributed by atoms with Crippen LogP contribution in [0.2, 0.25) is 0 Å². The third-order valence-electron chi connectivity index (χ3n) is 0. The molecule has 0 atom stereocenters. The fourth-order valence-electron chi connectivity index (χ4n) is 0. The van der Waals surface area contributed by atoms with E-state index >= 15 is 0 Å². The van der Waals surface area contributed by atoms with Gasteiger partial charge in [-0.05, 0) is 0 Å². The summed E-state index contributed by atoms with van der Waals surface area (Å²) in [5, 5.41) is 0. The Morgan fingerprint density at radius 2 is 1.11 bits per heavy atom. The Kier molecular flexibility index (Phi) is 18.1. The van der Waals surface area contributed by atoms with Gasteiger partial charge in [-0.25, -0.2) is 0 Å². The molecule has 0 aromatic carbocycles. The molecule has 0 spiro atoms. The molecule has 0 amide bonds. The number of rotatable bonds is 0. The van der Waals surface area contributed by atoms with Gasteiger partial charge in [0.1, 0.15) is 0 Å². The van der Waals surface area contributed by atoms with Crippen LogP contribution in [0.1, 0.15) is 0 Å². The maximum atomic E-state index is 8.52. The minimum atomic E-state index is -5.17. The molecule has 0 saturated heterocycles. The first-order valence-corrected chi connectivity index (χ1v) is 3.51. The van der Waals surface area contributed by atoms with E-state index in [1.54, 1.807) is 0 Å². The van der Waals surface area contributed by atoms with Gasteiger partial charge in [0.2, 0.25) is 0 Å². The Hall–Kier alpha value is 1.63. The summed E-state index contributed by atoms with van der Waals surface area (Å²) in [5.41, 5.74) is 0. The Balaban J connectivity index is -0.0000000800. The van der Waals surface area contributed by atoms with Crippen LogP contribution in [-0.2, 0) is 33.9 Å². The molecule has 0 aliphatic rings. The van der Waals surface area contributed by atoms with E-state index in [4.69, 9.17) is 24.9 Å². The quantitative estimate of drug-likeness (QED) is 0.291. The van der Waals surface area contributed by atoms with Gasteiger partial charge < -0.3 is 9.11 Å². The van der Waals surface area contributed by atoms with Crippen LogP contribution in [0.15, 0.2) is 0 Å². The Labute approximate surface area is 98.6 Å². The molecule has 49 valence electrons. The van der Waals surface area contributed by atoms with Gasteiger partial charge in [-0.1, -0.05) is 0 Å². The maximum absolute atomic E-state index is 8.52. The fraction of sp³-hybridized carbons (Fsp3) is 0. The van der Waals surface area contributed by atoms with E-state index in [9.17, 15) is 0 Å². The number of hydrogen-bond donors (Lipinski definition) is 0. The van der Waals surface area contributed by atoms with Crippen molar-refractivity contribution >= 4 is 59.3 Å². The molecule has 0 heterocycles. The SMILES string of the molecule is O=S(=O)([O-])[O-].[Ba+2].[O]=[V]=[O]. The van der Waals surface area contributed by atoms with Gasteiger partial charge in [0, 0.05) is 10.4 Å². The fourth-order valence-corrected chi connectivity index (χ4v) is 0. The van der Waals surface area contributed by atoms with E-state index in [0.717, 1.165) is 0 Å². The zero-order valence-corrected chi connectivity index (χ0v) is 10.7. The summed E-state index contributed by atoms with van der Waals surface area (Å²) in [4.78, 5) is 0. The van der Waals surface area contributed by atoms with Gasteiger partial charge >= 0.3 is 72.4 Å². The standard InChI is InChI=1S/Ba.H2O4S.2O.V/c;1-5(2,3)4;;;/h;(H2,1,2,3,4);;;/q+2;;;;/p-2. The molecule has 0 fully saturated rings. The third kappa shape index (κ3) is 212. The summed E-state index contributed by atoms with van der Waals surface area (Å²) in [5.74, 6) is 0. The summed E-state index contributed by atoms with van der Waals surface area (Å²) in [6.45, 7) is 0. The van der Waals surface area contributed by atoms with Crippen molar-refractivity contribution in [3.05, 3.63) is 0 Å². The van der Waals surface area contributed by atoms with Crippen LogP contribution < -0.4 is 0 Å². The van der Waals surface area contributed by atoms with Gasteiger partial charge in [0.25, 0.3) is 0 Å². The van der Waals surface area contributed by atoms with Crippen molar-refractivity contribution < 1.29 is 41.1 Å². The van der Waals surface area contributed by atoms with E-state index < -0.39 is 26.6 Å². The first kappa shape index (κ1) is 16.9. The summed E-state index contributed by atoms with van der Waals surface area (Å²) in [6.07, 6.45) is 0. The average molecular weight is 316 g/mol. The molecule has 0 aromatic heterocycles. The van der Waals surface area contributed by atoms with Crippen molar-refractivity contribution in [3.8, 4) is 0 Å². The van der Waals surface area contributed by atoms with Crippen molar-refractivity contribution in [2.75, 3.05) is 0 Å². The van der Waals surface area contributed by atoms with Gasteiger partial charge in [-0.3, -0.25) is 8.42 Å². The molecule has 0 bridgehead atoms. The monoisotopic (exact) mass is 317 g/mol. The van der Waals surface area contributed by atoms with E-state index in [2.05, 4.69) is 0 Å². The van der Waals surface area contributed by atoms with E-state index in [1.165, 1.54) is 0 Å². The molecule has 0 N–H and O–H groups in total. The Morgan fingerprint density at radius 3 is 1.11 bits per heavy atom. The van der Waals surface area contributed by atoms with Gasteiger partial charge in [-0.2, -0.15) is 0 Å². The summed E-state index contributed by atoms with van der Waals surface area (Å²) in [7, 11) is -5.17. The van der Waals surface area contributed by atoms with Crippen LogP contribution in [0, 0.1) is 0 Å². The summed E-state index contributed by atoms with van der Waals surface area (Å²) < 4.78 is 51.0. The summed E-state index contributed by atoms with van der Waals surface area (Å²) >= 11 is -1.81. The average Bonchev–Trinajstić information content (AvgIpc) is 1.27. The molecule has 0 aliphatic heterocycles. The first-order chi connectivity index (χ1) is 3.41. The van der Waals surface area contributed by atoms with Crippen molar-refractivity contribution in [1.82, 2.24) is 0 Å². The number of hydrogen-bond acceptors (Lipinski definition) is 6. The molecular formula is BaO6SV. The second kappa shape index (κ2) is 9.63. The van der Waals surface area contributed by atoms with E-state index in [-0.39, 0.29) is 48.9 Å². The van der Waals surface area contributed by atoms with Crippen LogP contribution in [-0.4, -0.2) is 66.4 Å². The predicted octanol–water partition coefficient (Wildman–Crippen LogP) is -1.96. The van der Waals surface area contributed by atoms with Crippen LogP contribution in [0.4, 0.5) is 0 Å². The van der Waals surface area contributed by atoms with Crippen LogP contribution in [0.5, 0.6) is 0 Å². The van der Waals surface area contributed by atoms with Gasteiger partial charge in [0.05, 0.1) is 0 Å². The van der Waals surface area contributed by atoms with Crippen molar-refractivity contribution in [2.24, 2.45) is 0 Å². The molecule has 0 aromatic rings. The molecule has 0 aliphatic carbocycles. The molecular weight excluding hydrogens is 316 g/mol. The zero-order chi connectivity index (χ0) is 7.21. The summed E-state index contributed by atoms with van der Waals surface area (Å²) in [6, 6.07) is 0. The van der Waals surface area contributed by atoms with Gasteiger partial charge in [0.15, 0.2) is 0 Å². The predicted molar refractivity (Wildman–Crippen MR) is 17.6 cm³/mol. The third-order valence-corrected chi connectivity index (χ3v) is 0. The molecule has 0 radical (unpaired) electrons. The molecule has 9 heteroatoms. The zero-order valence-electron chi connectivity index (χ0n) is 4.01. The molecule has 9 heavy (non-hydrogen) atoms. The second-order valence-corrected chi connectivity index (χ2v) is 1.53. The molecule has 0 rings (SSSR count). The van der Waals surface area contributed by atoms with Crippen LogP contribution >= 0.6 is 0 Å².